The number of hydrogen-bond donors (Lipinski definition) is 2. The van der Waals surface area contributed by atoms with Crippen LogP contribution in [0.4, 0.5) is 11.4 Å². The Hall–Kier alpha value is -3.13. The zero-order valence-electron chi connectivity index (χ0n) is 13.5. The van der Waals surface area contributed by atoms with E-state index in [1.54, 1.807) is 6.07 Å². The van der Waals surface area contributed by atoms with Crippen LogP contribution in [0.15, 0.2) is 42.5 Å². The van der Waals surface area contributed by atoms with Crippen LogP contribution in [0.3, 0.4) is 0 Å². The Kier molecular flexibility index (Phi) is 6.51. The lowest BCUT2D eigenvalue weighted by atomic mass is 10.2. The zero-order chi connectivity index (χ0) is 19.1. The number of rotatable bonds is 8. The second-order valence-corrected chi connectivity index (χ2v) is 5.63. The number of ether oxygens (including phenoxy) is 1. The molecule has 0 radical (unpaired) electrons. The third-order valence-electron chi connectivity index (χ3n) is 3.35. The lowest BCUT2D eigenvalue weighted by Crippen LogP contribution is -2.13. The molecule has 0 aliphatic rings. The fourth-order valence-electron chi connectivity index (χ4n) is 2.14. The summed E-state index contributed by atoms with van der Waals surface area (Å²) in [6.45, 7) is 0.124. The van der Waals surface area contributed by atoms with Gasteiger partial charge in [-0.05, 0) is 30.7 Å². The van der Waals surface area contributed by atoms with E-state index in [1.165, 1.54) is 36.4 Å². The minimum atomic E-state index is -1.19. The summed E-state index contributed by atoms with van der Waals surface area (Å²) in [7, 11) is 0. The molecule has 0 aliphatic heterocycles. The number of nitrogens with one attached hydrogen (secondary N) is 1. The number of nitro benzene ring substituents is 1. The summed E-state index contributed by atoms with van der Waals surface area (Å²) in [5.74, 6) is -1.39. The van der Waals surface area contributed by atoms with E-state index in [9.17, 15) is 19.7 Å². The maximum atomic E-state index is 11.9. The monoisotopic (exact) mass is 378 g/mol. The van der Waals surface area contributed by atoms with Crippen LogP contribution < -0.4 is 10.1 Å². The van der Waals surface area contributed by atoms with Crippen molar-refractivity contribution in [3.8, 4) is 5.75 Å². The van der Waals surface area contributed by atoms with Crippen LogP contribution in [0.1, 0.15) is 23.2 Å². The van der Waals surface area contributed by atoms with Gasteiger partial charge in [-0.3, -0.25) is 14.9 Å². The molecule has 0 aliphatic carbocycles. The standard InChI is InChI=1S/C17H15ClN2O6/c18-13-8-7-11(10-12(13)17(22)23)19-16(21)6-3-9-26-15-5-2-1-4-14(15)20(24)25/h1-2,4-5,7-8,10H,3,6,9H2,(H,19,21)(H,22,23). The van der Waals surface area contributed by atoms with Crippen molar-refractivity contribution in [2.75, 3.05) is 11.9 Å². The normalized spacial score (nSPS) is 10.2. The van der Waals surface area contributed by atoms with E-state index < -0.39 is 10.9 Å². The van der Waals surface area contributed by atoms with Gasteiger partial charge in [-0.1, -0.05) is 23.7 Å². The van der Waals surface area contributed by atoms with Crippen LogP contribution >= 0.6 is 11.6 Å². The van der Waals surface area contributed by atoms with Crippen LogP contribution in [0.2, 0.25) is 5.02 Å². The summed E-state index contributed by atoms with van der Waals surface area (Å²) in [6.07, 6.45) is 0.433. The number of nitro groups is 1. The Bertz CT molecular complexity index is 840. The van der Waals surface area contributed by atoms with Gasteiger partial charge in [0.15, 0.2) is 5.75 Å². The number of benzene rings is 2. The number of halogens is 1. The molecule has 136 valence electrons. The minimum Gasteiger partial charge on any atom is -0.487 e. The van der Waals surface area contributed by atoms with Crippen LogP contribution in [0, 0.1) is 10.1 Å². The lowest BCUT2D eigenvalue weighted by Gasteiger charge is -2.08. The molecule has 2 aromatic carbocycles. The predicted molar refractivity (Wildman–Crippen MR) is 94.9 cm³/mol. The van der Waals surface area contributed by atoms with Crippen molar-refractivity contribution in [2.24, 2.45) is 0 Å². The zero-order valence-corrected chi connectivity index (χ0v) is 14.2. The lowest BCUT2D eigenvalue weighted by molar-refractivity contribution is -0.385. The van der Waals surface area contributed by atoms with Gasteiger partial charge >= 0.3 is 11.7 Å². The number of carbonyl (C=O) groups excluding carboxylic acids is 1. The first-order valence-electron chi connectivity index (χ1n) is 7.57. The first-order chi connectivity index (χ1) is 12.4. The van der Waals surface area contributed by atoms with Gasteiger partial charge in [-0.15, -0.1) is 0 Å². The van der Waals surface area contributed by atoms with E-state index in [-0.39, 0.29) is 41.0 Å². The molecule has 0 saturated carbocycles. The van der Waals surface area contributed by atoms with E-state index in [1.807, 2.05) is 0 Å². The third-order valence-corrected chi connectivity index (χ3v) is 3.68. The molecule has 1 amide bonds. The number of hydrogen-bond acceptors (Lipinski definition) is 5. The van der Waals surface area contributed by atoms with Gasteiger partial charge in [-0.2, -0.15) is 0 Å². The van der Waals surface area contributed by atoms with Crippen molar-refractivity contribution >= 4 is 34.9 Å². The highest BCUT2D eigenvalue weighted by Crippen LogP contribution is 2.26. The van der Waals surface area contributed by atoms with Crippen molar-refractivity contribution in [3.63, 3.8) is 0 Å². The molecule has 2 aromatic rings. The molecule has 0 unspecified atom stereocenters. The Morgan fingerprint density at radius 1 is 1.23 bits per heavy atom. The fraction of sp³-hybridized carbons (Fsp3) is 0.176. The molecule has 0 heterocycles. The molecule has 0 saturated heterocycles. The average molecular weight is 379 g/mol. The molecule has 9 heteroatoms. The topological polar surface area (TPSA) is 119 Å². The largest absolute Gasteiger partial charge is 0.487 e. The molecule has 0 aromatic heterocycles. The van der Waals surface area contributed by atoms with E-state index in [0.29, 0.717) is 12.1 Å². The van der Waals surface area contributed by atoms with Gasteiger partial charge in [0.2, 0.25) is 5.91 Å². The van der Waals surface area contributed by atoms with Crippen molar-refractivity contribution in [1.29, 1.82) is 0 Å². The first-order valence-corrected chi connectivity index (χ1v) is 7.95. The SMILES string of the molecule is O=C(CCCOc1ccccc1[N+](=O)[O-])Nc1ccc(Cl)c(C(=O)O)c1. The van der Waals surface area contributed by atoms with Gasteiger partial charge in [0, 0.05) is 18.2 Å². The summed E-state index contributed by atoms with van der Waals surface area (Å²) >= 11 is 5.77. The second kappa shape index (κ2) is 8.82. The quantitative estimate of drug-likeness (QED) is 0.410. The molecule has 2 N–H and O–H groups in total. The Morgan fingerprint density at radius 2 is 1.96 bits per heavy atom. The minimum absolute atomic E-state index is 0.0772. The number of anilines is 1. The van der Waals surface area contributed by atoms with Crippen molar-refractivity contribution in [1.82, 2.24) is 0 Å². The highest BCUT2D eigenvalue weighted by atomic mass is 35.5. The Labute approximate surface area is 153 Å². The molecule has 0 bridgehead atoms. The van der Waals surface area contributed by atoms with Crippen molar-refractivity contribution in [2.45, 2.75) is 12.8 Å². The van der Waals surface area contributed by atoms with Gasteiger partial charge in [0.05, 0.1) is 22.1 Å². The number of carbonyl (C=O) groups is 2. The van der Waals surface area contributed by atoms with Crippen LogP contribution in [-0.4, -0.2) is 28.5 Å². The number of aromatic carboxylic acids is 1. The van der Waals surface area contributed by atoms with Crippen LogP contribution in [-0.2, 0) is 4.79 Å². The smallest absolute Gasteiger partial charge is 0.337 e. The molecular weight excluding hydrogens is 364 g/mol. The maximum absolute atomic E-state index is 11.9. The summed E-state index contributed by atoms with van der Waals surface area (Å²) in [4.78, 5) is 33.3. The number of nitrogens with zero attached hydrogens (tertiary/aromatic N) is 1. The maximum Gasteiger partial charge on any atom is 0.337 e. The van der Waals surface area contributed by atoms with Crippen LogP contribution in [0.25, 0.3) is 0 Å². The molecule has 8 nitrogen and oxygen atoms in total. The molecule has 2 rings (SSSR count). The summed E-state index contributed by atoms with van der Waals surface area (Å²) in [5, 5.41) is 22.5. The van der Waals surface area contributed by atoms with Crippen LogP contribution in [0.5, 0.6) is 5.75 Å². The molecular formula is C17H15ClN2O6. The van der Waals surface area contributed by atoms with E-state index in [0.717, 1.165) is 0 Å². The molecule has 0 spiro atoms. The summed E-state index contributed by atoms with van der Waals surface area (Å²) < 4.78 is 5.35. The second-order valence-electron chi connectivity index (χ2n) is 5.22. The Balaban J connectivity index is 1.84. The fourth-order valence-corrected chi connectivity index (χ4v) is 2.33. The molecule has 0 fully saturated rings. The van der Waals surface area contributed by atoms with E-state index in [2.05, 4.69) is 5.32 Å². The van der Waals surface area contributed by atoms with Gasteiger partial charge in [0.1, 0.15) is 0 Å². The van der Waals surface area contributed by atoms with E-state index in [4.69, 9.17) is 21.4 Å². The number of carboxylic acid groups (broad SMARTS) is 1. The number of para-hydroxylation sites is 2. The van der Waals surface area contributed by atoms with Gasteiger partial charge in [0.25, 0.3) is 0 Å². The predicted octanol–water partition coefficient (Wildman–Crippen LogP) is 3.74. The molecule has 0 atom stereocenters. The van der Waals surface area contributed by atoms with Gasteiger partial charge in [-0.25, -0.2) is 4.79 Å². The summed E-state index contributed by atoms with van der Waals surface area (Å²) in [6, 6.07) is 10.1. The average Bonchev–Trinajstić information content (AvgIpc) is 2.60. The number of carboxylic acids is 1. The van der Waals surface area contributed by atoms with E-state index >= 15 is 0 Å². The highest BCUT2D eigenvalue weighted by molar-refractivity contribution is 6.33. The number of amides is 1. The highest BCUT2D eigenvalue weighted by Gasteiger charge is 2.14. The van der Waals surface area contributed by atoms with Crippen molar-refractivity contribution in [3.05, 3.63) is 63.2 Å². The third kappa shape index (κ3) is 5.18. The van der Waals surface area contributed by atoms with Gasteiger partial charge < -0.3 is 15.2 Å². The summed E-state index contributed by atoms with van der Waals surface area (Å²) in [5.41, 5.74) is 0.0694. The first kappa shape index (κ1) is 19.2. The van der Waals surface area contributed by atoms with Crippen molar-refractivity contribution < 1.29 is 24.4 Å². The molecule has 26 heavy (non-hydrogen) atoms. The Morgan fingerprint density at radius 3 is 2.65 bits per heavy atom.